The van der Waals surface area contributed by atoms with E-state index in [1.807, 2.05) is 17.8 Å². The van der Waals surface area contributed by atoms with E-state index in [9.17, 15) is 0 Å². The molecule has 0 aliphatic heterocycles. The summed E-state index contributed by atoms with van der Waals surface area (Å²) >= 11 is 5.23. The van der Waals surface area contributed by atoms with Crippen LogP contribution in [0.25, 0.3) is 0 Å². The van der Waals surface area contributed by atoms with Crippen LogP contribution in [0.2, 0.25) is 0 Å². The predicted octanol–water partition coefficient (Wildman–Crippen LogP) is 2.30. The van der Waals surface area contributed by atoms with Gasteiger partial charge in [-0.25, -0.2) is 5.43 Å². The van der Waals surface area contributed by atoms with Crippen LogP contribution in [0, 0.1) is 0 Å². The molecule has 1 atom stereocenters. The highest BCUT2D eigenvalue weighted by molar-refractivity contribution is 9.10. The molecular weight excluding hydrogens is 252 g/mol. The van der Waals surface area contributed by atoms with E-state index in [1.54, 1.807) is 6.26 Å². The van der Waals surface area contributed by atoms with Crippen molar-refractivity contribution in [3.8, 4) is 0 Å². The van der Waals surface area contributed by atoms with Crippen molar-refractivity contribution in [2.24, 2.45) is 5.84 Å². The number of furan rings is 1. The van der Waals surface area contributed by atoms with Crippen molar-refractivity contribution in [3.05, 3.63) is 22.6 Å². The molecular formula is C8H13BrN2OS. The van der Waals surface area contributed by atoms with Crippen LogP contribution >= 0.6 is 27.7 Å². The Morgan fingerprint density at radius 3 is 3.00 bits per heavy atom. The third-order valence-electron chi connectivity index (χ3n) is 1.65. The van der Waals surface area contributed by atoms with E-state index in [0.717, 1.165) is 21.7 Å². The van der Waals surface area contributed by atoms with Crippen molar-refractivity contribution in [3.63, 3.8) is 0 Å². The lowest BCUT2D eigenvalue weighted by Gasteiger charge is -2.12. The number of nitrogens with two attached hydrogens (primary N) is 1. The highest BCUT2D eigenvalue weighted by atomic mass is 79.9. The number of rotatable bonds is 5. The maximum Gasteiger partial charge on any atom is 0.137 e. The maximum absolute atomic E-state index is 5.43. The van der Waals surface area contributed by atoms with Crippen LogP contribution in [-0.2, 0) is 0 Å². The molecule has 74 valence electrons. The molecule has 3 nitrogen and oxygen atoms in total. The van der Waals surface area contributed by atoms with Crippen molar-refractivity contribution < 1.29 is 4.42 Å². The van der Waals surface area contributed by atoms with E-state index in [2.05, 4.69) is 28.3 Å². The normalized spacial score (nSPS) is 13.2. The van der Waals surface area contributed by atoms with Gasteiger partial charge in [-0.05, 0) is 27.7 Å². The van der Waals surface area contributed by atoms with Gasteiger partial charge < -0.3 is 4.42 Å². The molecule has 1 aromatic rings. The number of nitrogens with one attached hydrogen (secondary N) is 1. The summed E-state index contributed by atoms with van der Waals surface area (Å²) in [6.45, 7) is 2.12. The average molecular weight is 265 g/mol. The van der Waals surface area contributed by atoms with Crippen LogP contribution in [0.15, 0.2) is 21.2 Å². The van der Waals surface area contributed by atoms with Gasteiger partial charge in [-0.2, -0.15) is 11.8 Å². The molecule has 0 aliphatic rings. The smallest absolute Gasteiger partial charge is 0.137 e. The Morgan fingerprint density at radius 1 is 1.77 bits per heavy atom. The SMILES string of the molecule is CCSCC(NN)c1occc1Br. The standard InChI is InChI=1S/C8H13BrN2OS/c1-2-13-5-7(11-10)8-6(9)3-4-12-8/h3-4,7,11H,2,5,10H2,1H3. The largest absolute Gasteiger partial charge is 0.466 e. The first-order valence-electron chi connectivity index (χ1n) is 4.06. The number of halogens is 1. The van der Waals surface area contributed by atoms with Gasteiger partial charge >= 0.3 is 0 Å². The van der Waals surface area contributed by atoms with Crippen molar-refractivity contribution in [1.29, 1.82) is 0 Å². The van der Waals surface area contributed by atoms with Crippen molar-refractivity contribution in [2.75, 3.05) is 11.5 Å². The van der Waals surface area contributed by atoms with E-state index in [4.69, 9.17) is 10.3 Å². The lowest BCUT2D eigenvalue weighted by molar-refractivity contribution is 0.438. The topological polar surface area (TPSA) is 51.2 Å². The summed E-state index contributed by atoms with van der Waals surface area (Å²) in [5, 5.41) is 0. The van der Waals surface area contributed by atoms with Crippen LogP contribution < -0.4 is 11.3 Å². The van der Waals surface area contributed by atoms with Gasteiger partial charge in [0.1, 0.15) is 5.76 Å². The molecule has 0 saturated carbocycles. The number of hydrazine groups is 1. The lowest BCUT2D eigenvalue weighted by atomic mass is 10.3. The zero-order valence-electron chi connectivity index (χ0n) is 7.42. The zero-order valence-corrected chi connectivity index (χ0v) is 9.82. The summed E-state index contributed by atoms with van der Waals surface area (Å²) in [4.78, 5) is 0. The third-order valence-corrected chi connectivity index (χ3v) is 3.28. The van der Waals surface area contributed by atoms with Crippen LogP contribution in [0.3, 0.4) is 0 Å². The van der Waals surface area contributed by atoms with Gasteiger partial charge in [-0.15, -0.1) is 0 Å². The fourth-order valence-electron chi connectivity index (χ4n) is 0.989. The molecule has 1 unspecified atom stereocenters. The third kappa shape index (κ3) is 3.02. The second kappa shape index (κ2) is 5.70. The van der Waals surface area contributed by atoms with Gasteiger partial charge in [-0.1, -0.05) is 6.92 Å². The van der Waals surface area contributed by atoms with Gasteiger partial charge in [0.2, 0.25) is 0 Å². The molecule has 5 heteroatoms. The molecule has 1 aromatic heterocycles. The first-order chi connectivity index (χ1) is 6.29. The van der Waals surface area contributed by atoms with E-state index < -0.39 is 0 Å². The minimum Gasteiger partial charge on any atom is -0.466 e. The minimum atomic E-state index is 0.0781. The molecule has 1 heterocycles. The fraction of sp³-hybridized carbons (Fsp3) is 0.500. The quantitative estimate of drug-likeness (QED) is 0.633. The number of hydrogen-bond donors (Lipinski definition) is 2. The van der Waals surface area contributed by atoms with Crippen LogP contribution in [0.1, 0.15) is 18.7 Å². The highest BCUT2D eigenvalue weighted by Crippen LogP contribution is 2.26. The van der Waals surface area contributed by atoms with Gasteiger partial charge in [0.05, 0.1) is 16.8 Å². The molecule has 3 N–H and O–H groups in total. The maximum atomic E-state index is 5.43. The van der Waals surface area contributed by atoms with E-state index in [-0.39, 0.29) is 6.04 Å². The molecule has 0 aromatic carbocycles. The highest BCUT2D eigenvalue weighted by Gasteiger charge is 2.15. The Kier molecular flexibility index (Phi) is 4.87. The second-order valence-corrected chi connectivity index (χ2v) is 4.68. The second-order valence-electron chi connectivity index (χ2n) is 2.51. The summed E-state index contributed by atoms with van der Waals surface area (Å²) in [6.07, 6.45) is 1.65. The first kappa shape index (κ1) is 11.1. The van der Waals surface area contributed by atoms with E-state index in [1.165, 1.54) is 0 Å². The summed E-state index contributed by atoms with van der Waals surface area (Å²) in [7, 11) is 0. The fourth-order valence-corrected chi connectivity index (χ4v) is 2.19. The molecule has 1 rings (SSSR count). The van der Waals surface area contributed by atoms with Gasteiger partial charge in [0.25, 0.3) is 0 Å². The molecule has 0 amide bonds. The Bertz CT molecular complexity index is 254. The molecule has 0 bridgehead atoms. The monoisotopic (exact) mass is 264 g/mol. The van der Waals surface area contributed by atoms with Crippen molar-refractivity contribution in [2.45, 2.75) is 13.0 Å². The first-order valence-corrected chi connectivity index (χ1v) is 6.01. The van der Waals surface area contributed by atoms with E-state index >= 15 is 0 Å². The van der Waals surface area contributed by atoms with Gasteiger partial charge in [0, 0.05) is 5.75 Å². The Labute approximate surface area is 90.5 Å². The summed E-state index contributed by atoms with van der Waals surface area (Å²) in [6, 6.07) is 1.95. The molecule has 0 spiro atoms. The van der Waals surface area contributed by atoms with Gasteiger partial charge in [0.15, 0.2) is 0 Å². The minimum absolute atomic E-state index is 0.0781. The summed E-state index contributed by atoms with van der Waals surface area (Å²) in [5.74, 6) is 8.29. The average Bonchev–Trinajstić information content (AvgIpc) is 2.54. The molecule has 13 heavy (non-hydrogen) atoms. The molecule has 0 aliphatic carbocycles. The molecule has 0 fully saturated rings. The van der Waals surface area contributed by atoms with Crippen LogP contribution in [0.4, 0.5) is 0 Å². The van der Waals surface area contributed by atoms with Crippen LogP contribution in [-0.4, -0.2) is 11.5 Å². The Morgan fingerprint density at radius 2 is 2.54 bits per heavy atom. The number of hydrogen-bond acceptors (Lipinski definition) is 4. The van der Waals surface area contributed by atoms with Crippen molar-refractivity contribution >= 4 is 27.7 Å². The predicted molar refractivity (Wildman–Crippen MR) is 59.5 cm³/mol. The van der Waals surface area contributed by atoms with E-state index in [0.29, 0.717) is 0 Å². The van der Waals surface area contributed by atoms with Crippen LogP contribution in [0.5, 0.6) is 0 Å². The summed E-state index contributed by atoms with van der Waals surface area (Å²) in [5.41, 5.74) is 2.74. The number of thioether (sulfide) groups is 1. The van der Waals surface area contributed by atoms with Crippen molar-refractivity contribution in [1.82, 2.24) is 5.43 Å². The Balaban J connectivity index is 2.61. The molecule has 0 saturated heterocycles. The zero-order chi connectivity index (χ0) is 9.68. The lowest BCUT2D eigenvalue weighted by Crippen LogP contribution is -2.29. The molecule has 0 radical (unpaired) electrons. The van der Waals surface area contributed by atoms with Gasteiger partial charge in [-0.3, -0.25) is 5.84 Å². The summed E-state index contributed by atoms with van der Waals surface area (Å²) < 4.78 is 6.28. The Hall–Kier alpha value is 0.0300.